The minimum atomic E-state index is -0.809. The first kappa shape index (κ1) is 24.1. The number of oxazole rings is 1. The number of carbonyl (C=O) groups excluding carboxylic acids is 3. The number of amides is 3. The molecule has 7 heteroatoms. The van der Waals surface area contributed by atoms with Gasteiger partial charge in [-0.3, -0.25) is 14.4 Å². The molecule has 1 unspecified atom stereocenters. The van der Waals surface area contributed by atoms with Gasteiger partial charge in [-0.1, -0.05) is 49.1 Å². The Labute approximate surface area is 221 Å². The van der Waals surface area contributed by atoms with Crippen LogP contribution in [0.3, 0.4) is 0 Å². The maximum atomic E-state index is 13.7. The van der Waals surface area contributed by atoms with Crippen molar-refractivity contribution in [2.24, 2.45) is 0 Å². The largest absolute Gasteiger partial charge is 0.436 e. The summed E-state index contributed by atoms with van der Waals surface area (Å²) in [5.41, 5.74) is 4.29. The van der Waals surface area contributed by atoms with E-state index in [1.807, 2.05) is 43.3 Å². The average molecular weight is 508 g/mol. The number of aryl methyl sites for hydroxylation is 1. The number of para-hydroxylation sites is 2. The second kappa shape index (κ2) is 9.89. The van der Waals surface area contributed by atoms with Gasteiger partial charge < -0.3 is 9.32 Å². The van der Waals surface area contributed by atoms with Gasteiger partial charge in [-0.05, 0) is 68.3 Å². The fourth-order valence-corrected chi connectivity index (χ4v) is 5.62. The standard InChI is InChI=1S/C31H29N3O4/c1-20-11-13-22(14-12-20)30(36)33(23-7-3-2-4-8-23)26-19-28(35)34(31(26)37)24-17-15-21(16-18-24)29-32-25-9-5-6-10-27(25)38-29/h5-6,9-18,23,26H,2-4,7-8,19H2,1H3. The monoisotopic (exact) mass is 507 g/mol. The number of benzene rings is 3. The molecule has 4 aromatic rings. The van der Waals surface area contributed by atoms with Crippen molar-refractivity contribution < 1.29 is 18.8 Å². The minimum absolute atomic E-state index is 0.0141. The molecule has 7 nitrogen and oxygen atoms in total. The van der Waals surface area contributed by atoms with E-state index in [0.717, 1.165) is 48.7 Å². The van der Waals surface area contributed by atoms with Gasteiger partial charge in [-0.25, -0.2) is 9.88 Å². The van der Waals surface area contributed by atoms with Crippen molar-refractivity contribution >= 4 is 34.5 Å². The van der Waals surface area contributed by atoms with Gasteiger partial charge in [0.1, 0.15) is 11.6 Å². The minimum Gasteiger partial charge on any atom is -0.436 e. The molecule has 192 valence electrons. The third kappa shape index (κ3) is 4.38. The van der Waals surface area contributed by atoms with Crippen molar-refractivity contribution in [3.63, 3.8) is 0 Å². The summed E-state index contributed by atoms with van der Waals surface area (Å²) in [5, 5.41) is 0. The Balaban J connectivity index is 1.28. The topological polar surface area (TPSA) is 83.7 Å². The van der Waals surface area contributed by atoms with Crippen molar-refractivity contribution in [2.75, 3.05) is 4.90 Å². The summed E-state index contributed by atoms with van der Waals surface area (Å²) < 4.78 is 5.85. The smallest absolute Gasteiger partial charge is 0.257 e. The van der Waals surface area contributed by atoms with Gasteiger partial charge >= 0.3 is 0 Å². The van der Waals surface area contributed by atoms with E-state index in [2.05, 4.69) is 4.98 Å². The van der Waals surface area contributed by atoms with Crippen LogP contribution < -0.4 is 4.90 Å². The summed E-state index contributed by atoms with van der Waals surface area (Å²) in [6, 6.07) is 21.1. The van der Waals surface area contributed by atoms with Crippen LogP contribution in [0.4, 0.5) is 5.69 Å². The molecule has 2 heterocycles. The lowest BCUT2D eigenvalue weighted by Gasteiger charge is -2.37. The van der Waals surface area contributed by atoms with Gasteiger partial charge in [0.2, 0.25) is 11.8 Å². The van der Waals surface area contributed by atoms with E-state index in [-0.39, 0.29) is 30.2 Å². The molecule has 1 saturated heterocycles. The highest BCUT2D eigenvalue weighted by Gasteiger charge is 2.46. The lowest BCUT2D eigenvalue weighted by atomic mass is 9.92. The van der Waals surface area contributed by atoms with E-state index in [1.165, 1.54) is 4.90 Å². The van der Waals surface area contributed by atoms with Crippen LogP contribution in [-0.4, -0.2) is 39.7 Å². The quantitative estimate of drug-likeness (QED) is 0.314. The van der Waals surface area contributed by atoms with Gasteiger partial charge in [-0.2, -0.15) is 0 Å². The zero-order valence-corrected chi connectivity index (χ0v) is 21.3. The van der Waals surface area contributed by atoms with Crippen LogP contribution in [0.15, 0.2) is 77.2 Å². The Morgan fingerprint density at radius 2 is 1.63 bits per heavy atom. The molecule has 0 spiro atoms. The van der Waals surface area contributed by atoms with E-state index in [9.17, 15) is 14.4 Å². The number of fused-ring (bicyclic) bond motifs is 1. The zero-order chi connectivity index (χ0) is 26.2. The summed E-state index contributed by atoms with van der Waals surface area (Å²) in [6.45, 7) is 1.97. The summed E-state index contributed by atoms with van der Waals surface area (Å²) in [6.07, 6.45) is 4.82. The van der Waals surface area contributed by atoms with Crippen LogP contribution in [-0.2, 0) is 9.59 Å². The SMILES string of the molecule is Cc1ccc(C(=O)N(C2CCCCC2)C2CC(=O)N(c3ccc(-c4nc5ccccc5o4)cc3)C2=O)cc1. The van der Waals surface area contributed by atoms with Crippen molar-refractivity contribution in [1.29, 1.82) is 0 Å². The van der Waals surface area contributed by atoms with E-state index >= 15 is 0 Å². The van der Waals surface area contributed by atoms with Crippen LogP contribution in [0.5, 0.6) is 0 Å². The second-order valence-electron chi connectivity index (χ2n) is 10.2. The van der Waals surface area contributed by atoms with Crippen molar-refractivity contribution in [1.82, 2.24) is 9.88 Å². The van der Waals surface area contributed by atoms with Crippen LogP contribution in [0.2, 0.25) is 0 Å². The number of hydrogen-bond donors (Lipinski definition) is 0. The molecular weight excluding hydrogens is 478 g/mol. The highest BCUT2D eigenvalue weighted by atomic mass is 16.3. The lowest BCUT2D eigenvalue weighted by molar-refractivity contribution is -0.123. The Hall–Kier alpha value is -4.26. The maximum absolute atomic E-state index is 13.7. The number of rotatable bonds is 5. The Morgan fingerprint density at radius 3 is 2.34 bits per heavy atom. The molecule has 1 atom stereocenters. The number of hydrogen-bond acceptors (Lipinski definition) is 5. The normalized spacial score (nSPS) is 18.3. The first-order valence-corrected chi connectivity index (χ1v) is 13.2. The van der Waals surface area contributed by atoms with Crippen LogP contribution in [0.25, 0.3) is 22.6 Å². The van der Waals surface area contributed by atoms with Gasteiger partial charge in [-0.15, -0.1) is 0 Å². The summed E-state index contributed by atoms with van der Waals surface area (Å²) in [5.74, 6) is -0.360. The molecule has 38 heavy (non-hydrogen) atoms. The van der Waals surface area contributed by atoms with Gasteiger partial charge in [0, 0.05) is 17.2 Å². The number of anilines is 1. The third-order valence-electron chi connectivity index (χ3n) is 7.63. The van der Waals surface area contributed by atoms with E-state index in [4.69, 9.17) is 4.42 Å². The van der Waals surface area contributed by atoms with Gasteiger partial charge in [0.05, 0.1) is 12.1 Å². The molecule has 1 aliphatic carbocycles. The predicted molar refractivity (Wildman–Crippen MR) is 145 cm³/mol. The maximum Gasteiger partial charge on any atom is 0.257 e. The van der Waals surface area contributed by atoms with Crippen LogP contribution >= 0.6 is 0 Å². The summed E-state index contributed by atoms with van der Waals surface area (Å²) >= 11 is 0. The predicted octanol–water partition coefficient (Wildman–Crippen LogP) is 5.91. The number of imide groups is 1. The third-order valence-corrected chi connectivity index (χ3v) is 7.63. The average Bonchev–Trinajstić information content (AvgIpc) is 3.50. The lowest BCUT2D eigenvalue weighted by Crippen LogP contribution is -2.51. The van der Waals surface area contributed by atoms with E-state index in [1.54, 1.807) is 41.3 Å². The molecule has 2 fully saturated rings. The van der Waals surface area contributed by atoms with Gasteiger partial charge in [0.15, 0.2) is 5.58 Å². The summed E-state index contributed by atoms with van der Waals surface area (Å²) in [4.78, 5) is 48.1. The number of carbonyl (C=O) groups is 3. The van der Waals surface area contributed by atoms with Crippen LogP contribution in [0.1, 0.15) is 54.4 Å². The van der Waals surface area contributed by atoms with Crippen LogP contribution in [0, 0.1) is 6.92 Å². The first-order chi connectivity index (χ1) is 18.5. The molecule has 0 bridgehead atoms. The second-order valence-corrected chi connectivity index (χ2v) is 10.2. The molecule has 1 aromatic heterocycles. The highest BCUT2D eigenvalue weighted by Crippen LogP contribution is 2.33. The number of aromatic nitrogens is 1. The summed E-state index contributed by atoms with van der Waals surface area (Å²) in [7, 11) is 0. The fourth-order valence-electron chi connectivity index (χ4n) is 5.62. The fraction of sp³-hybridized carbons (Fsp3) is 0.290. The van der Waals surface area contributed by atoms with E-state index in [0.29, 0.717) is 22.7 Å². The van der Waals surface area contributed by atoms with E-state index < -0.39 is 6.04 Å². The zero-order valence-electron chi connectivity index (χ0n) is 21.3. The molecule has 1 saturated carbocycles. The Bertz CT molecular complexity index is 1470. The Kier molecular flexibility index (Phi) is 6.27. The molecule has 0 N–H and O–H groups in total. The molecule has 1 aliphatic heterocycles. The van der Waals surface area contributed by atoms with Gasteiger partial charge in [0.25, 0.3) is 11.8 Å². The molecule has 6 rings (SSSR count). The number of nitrogens with zero attached hydrogens (tertiary/aromatic N) is 3. The molecule has 0 radical (unpaired) electrons. The van der Waals surface area contributed by atoms with Crippen molar-refractivity contribution in [3.05, 3.63) is 83.9 Å². The highest BCUT2D eigenvalue weighted by molar-refractivity contribution is 6.23. The first-order valence-electron chi connectivity index (χ1n) is 13.2. The molecular formula is C31H29N3O4. The van der Waals surface area contributed by atoms with Crippen molar-refractivity contribution in [3.8, 4) is 11.5 Å². The molecule has 3 aromatic carbocycles. The van der Waals surface area contributed by atoms with Crippen molar-refractivity contribution in [2.45, 2.75) is 57.5 Å². The molecule has 2 aliphatic rings. The Morgan fingerprint density at radius 1 is 0.921 bits per heavy atom. The molecule has 3 amide bonds.